The fourth-order valence-corrected chi connectivity index (χ4v) is 1.40. The first-order valence-corrected chi connectivity index (χ1v) is 4.72. The van der Waals surface area contributed by atoms with Crippen LogP contribution in [0.5, 0.6) is 0 Å². The van der Waals surface area contributed by atoms with Gasteiger partial charge in [-0.2, -0.15) is 0 Å². The maximum atomic E-state index is 10.8. The van der Waals surface area contributed by atoms with Gasteiger partial charge in [-0.25, -0.2) is 0 Å². The van der Waals surface area contributed by atoms with Gasteiger partial charge in [-0.1, -0.05) is 12.1 Å². The number of nitro groups is 1. The number of carbonyl (C=O) groups is 1. The first kappa shape index (κ1) is 10.9. The van der Waals surface area contributed by atoms with Gasteiger partial charge in [0.15, 0.2) is 5.76 Å². The molecule has 0 atom stereocenters. The number of rotatable bonds is 3. The van der Waals surface area contributed by atoms with Crippen LogP contribution >= 0.6 is 0 Å². The average Bonchev–Trinajstić information content (AvgIpc) is 2.78. The molecule has 1 aromatic carbocycles. The molecule has 0 radical (unpaired) electrons. The van der Waals surface area contributed by atoms with E-state index in [-0.39, 0.29) is 11.4 Å². The maximum Gasteiger partial charge on any atom is 0.284 e. The van der Waals surface area contributed by atoms with Crippen molar-refractivity contribution in [3.8, 4) is 11.3 Å². The molecule has 0 aliphatic heterocycles. The fourth-order valence-electron chi connectivity index (χ4n) is 1.40. The Balaban J connectivity index is 2.42. The molecule has 2 N–H and O–H groups in total. The highest BCUT2D eigenvalue weighted by molar-refractivity contribution is 5.90. The normalized spacial score (nSPS) is 10.1. The third-order valence-corrected chi connectivity index (χ3v) is 2.19. The van der Waals surface area contributed by atoms with Crippen LogP contribution in [0.4, 0.5) is 5.69 Å². The van der Waals surface area contributed by atoms with E-state index in [1.807, 2.05) is 0 Å². The van der Waals surface area contributed by atoms with Gasteiger partial charge < -0.3 is 10.2 Å². The molecule has 0 unspecified atom stereocenters. The van der Waals surface area contributed by atoms with Crippen molar-refractivity contribution in [2.24, 2.45) is 5.73 Å². The molecule has 2 rings (SSSR count). The minimum atomic E-state index is -0.679. The second kappa shape index (κ2) is 4.09. The molecule has 1 amide bonds. The lowest BCUT2D eigenvalue weighted by molar-refractivity contribution is -0.384. The Morgan fingerprint density at radius 3 is 2.65 bits per heavy atom. The maximum absolute atomic E-state index is 10.8. The predicted molar refractivity (Wildman–Crippen MR) is 59.3 cm³/mol. The Bertz CT molecular complexity index is 589. The number of nitro benzene ring substituents is 1. The van der Waals surface area contributed by atoms with Gasteiger partial charge in [0.05, 0.1) is 4.92 Å². The second-order valence-corrected chi connectivity index (χ2v) is 3.34. The van der Waals surface area contributed by atoms with E-state index in [1.54, 1.807) is 18.2 Å². The van der Waals surface area contributed by atoms with E-state index >= 15 is 0 Å². The van der Waals surface area contributed by atoms with Crippen LogP contribution in [0.3, 0.4) is 0 Å². The lowest BCUT2D eigenvalue weighted by Crippen LogP contribution is -2.09. The number of hydrogen-bond donors (Lipinski definition) is 1. The van der Waals surface area contributed by atoms with Crippen LogP contribution in [0.15, 0.2) is 40.8 Å². The van der Waals surface area contributed by atoms with E-state index in [9.17, 15) is 14.9 Å². The van der Waals surface area contributed by atoms with Crippen LogP contribution in [0, 0.1) is 10.1 Å². The summed E-state index contributed by atoms with van der Waals surface area (Å²) < 4.78 is 5.17. The summed E-state index contributed by atoms with van der Waals surface area (Å²) in [6.07, 6.45) is 0. The largest absolute Gasteiger partial charge is 0.451 e. The molecule has 0 saturated heterocycles. The zero-order valence-electron chi connectivity index (χ0n) is 8.62. The highest BCUT2D eigenvalue weighted by Gasteiger charge is 2.11. The summed E-state index contributed by atoms with van der Waals surface area (Å²) in [6.45, 7) is 0. The first-order chi connectivity index (χ1) is 8.08. The summed E-state index contributed by atoms with van der Waals surface area (Å²) in [4.78, 5) is 20.9. The summed E-state index contributed by atoms with van der Waals surface area (Å²) in [5.41, 5.74) is 5.52. The van der Waals surface area contributed by atoms with E-state index in [1.165, 1.54) is 18.2 Å². The molecule has 0 saturated carbocycles. The number of hydrogen-bond acceptors (Lipinski definition) is 4. The summed E-state index contributed by atoms with van der Waals surface area (Å²) in [5.74, 6) is -0.296. The summed E-state index contributed by atoms with van der Waals surface area (Å²) in [5, 5.41) is 10.6. The van der Waals surface area contributed by atoms with Crippen molar-refractivity contribution in [2.75, 3.05) is 0 Å². The third-order valence-electron chi connectivity index (χ3n) is 2.19. The van der Waals surface area contributed by atoms with Gasteiger partial charge in [-0.15, -0.1) is 0 Å². The molecule has 2 aromatic rings. The lowest BCUT2D eigenvalue weighted by atomic mass is 10.1. The number of amides is 1. The van der Waals surface area contributed by atoms with E-state index in [0.29, 0.717) is 11.3 Å². The van der Waals surface area contributed by atoms with Gasteiger partial charge in [0, 0.05) is 17.7 Å². The van der Waals surface area contributed by atoms with Crippen LogP contribution in [-0.2, 0) is 0 Å². The molecule has 0 fully saturated rings. The van der Waals surface area contributed by atoms with Gasteiger partial charge in [0.1, 0.15) is 5.76 Å². The summed E-state index contributed by atoms with van der Waals surface area (Å²) in [7, 11) is 0. The number of benzene rings is 1. The van der Waals surface area contributed by atoms with Crippen molar-refractivity contribution < 1.29 is 14.1 Å². The zero-order valence-corrected chi connectivity index (χ0v) is 8.62. The Hall–Kier alpha value is -2.63. The lowest BCUT2D eigenvalue weighted by Gasteiger charge is -1.96. The molecule has 86 valence electrons. The van der Waals surface area contributed by atoms with Gasteiger partial charge in [-0.3, -0.25) is 14.9 Å². The topological polar surface area (TPSA) is 99.4 Å². The third kappa shape index (κ3) is 2.15. The molecule has 0 bridgehead atoms. The Morgan fingerprint density at radius 1 is 1.29 bits per heavy atom. The highest BCUT2D eigenvalue weighted by atomic mass is 16.6. The molecular formula is C11H8N2O4. The van der Waals surface area contributed by atoms with Gasteiger partial charge in [0.25, 0.3) is 11.6 Å². The SMILES string of the molecule is NC(=O)c1ccc(-c2cccc([N+](=O)[O-])c2)o1. The van der Waals surface area contributed by atoms with Crippen LogP contribution in [0.25, 0.3) is 11.3 Å². The summed E-state index contributed by atoms with van der Waals surface area (Å²) in [6, 6.07) is 8.90. The smallest absolute Gasteiger partial charge is 0.284 e. The van der Waals surface area contributed by atoms with Crippen molar-refractivity contribution in [2.45, 2.75) is 0 Å². The van der Waals surface area contributed by atoms with Crippen LogP contribution in [0.2, 0.25) is 0 Å². The van der Waals surface area contributed by atoms with E-state index in [4.69, 9.17) is 10.2 Å². The van der Waals surface area contributed by atoms with Crippen LogP contribution in [0.1, 0.15) is 10.6 Å². The predicted octanol–water partition coefficient (Wildman–Crippen LogP) is 1.95. The van der Waals surface area contributed by atoms with Crippen molar-refractivity contribution in [3.05, 3.63) is 52.3 Å². The fraction of sp³-hybridized carbons (Fsp3) is 0. The van der Waals surface area contributed by atoms with Crippen molar-refractivity contribution in [3.63, 3.8) is 0 Å². The second-order valence-electron chi connectivity index (χ2n) is 3.34. The molecule has 0 aliphatic rings. The number of carbonyl (C=O) groups excluding carboxylic acids is 1. The van der Waals surface area contributed by atoms with Crippen molar-refractivity contribution in [1.29, 1.82) is 0 Å². The molecular weight excluding hydrogens is 224 g/mol. The number of nitrogens with two attached hydrogens (primary N) is 1. The van der Waals surface area contributed by atoms with E-state index < -0.39 is 10.8 Å². The van der Waals surface area contributed by atoms with E-state index in [2.05, 4.69) is 0 Å². The molecule has 6 heteroatoms. The Labute approximate surface area is 95.8 Å². The van der Waals surface area contributed by atoms with Gasteiger partial charge >= 0.3 is 0 Å². The number of non-ortho nitro benzene ring substituents is 1. The van der Waals surface area contributed by atoms with Crippen molar-refractivity contribution in [1.82, 2.24) is 0 Å². The van der Waals surface area contributed by atoms with Crippen LogP contribution in [-0.4, -0.2) is 10.8 Å². The average molecular weight is 232 g/mol. The number of furan rings is 1. The molecule has 1 aromatic heterocycles. The molecule has 17 heavy (non-hydrogen) atoms. The van der Waals surface area contributed by atoms with Crippen LogP contribution < -0.4 is 5.73 Å². The number of nitrogens with zero attached hydrogens (tertiary/aromatic N) is 1. The minimum Gasteiger partial charge on any atom is -0.451 e. The monoisotopic (exact) mass is 232 g/mol. The quantitative estimate of drug-likeness (QED) is 0.645. The standard InChI is InChI=1S/C11H8N2O4/c12-11(14)10-5-4-9(17-10)7-2-1-3-8(6-7)13(15)16/h1-6H,(H2,12,14). The number of primary amides is 1. The summed E-state index contributed by atoms with van der Waals surface area (Å²) >= 11 is 0. The Morgan fingerprint density at radius 2 is 2.06 bits per heavy atom. The zero-order chi connectivity index (χ0) is 12.4. The van der Waals surface area contributed by atoms with E-state index in [0.717, 1.165) is 0 Å². The molecule has 1 heterocycles. The van der Waals surface area contributed by atoms with Crippen molar-refractivity contribution >= 4 is 11.6 Å². The highest BCUT2D eigenvalue weighted by Crippen LogP contribution is 2.25. The van der Waals surface area contributed by atoms with Gasteiger partial charge in [0.2, 0.25) is 0 Å². The molecule has 0 aliphatic carbocycles. The first-order valence-electron chi connectivity index (χ1n) is 4.72. The van der Waals surface area contributed by atoms with Gasteiger partial charge in [-0.05, 0) is 12.1 Å². The minimum absolute atomic E-state index is 0.0199. The Kier molecular flexibility index (Phi) is 2.61. The molecule has 0 spiro atoms. The molecule has 6 nitrogen and oxygen atoms in total.